The number of likely N-dealkylation sites (tertiary alicyclic amines) is 1. The van der Waals surface area contributed by atoms with Gasteiger partial charge in [-0.05, 0) is 87.8 Å². The summed E-state index contributed by atoms with van der Waals surface area (Å²) in [5.74, 6) is 0.0752. The van der Waals surface area contributed by atoms with E-state index in [0.29, 0.717) is 82.3 Å². The first-order chi connectivity index (χ1) is 22.6. The first kappa shape index (κ1) is 37.4. The Morgan fingerprint density at radius 2 is 1.71 bits per heavy atom. The molecule has 0 unspecified atom stereocenters. The highest BCUT2D eigenvalue weighted by Gasteiger charge is 2.59. The van der Waals surface area contributed by atoms with E-state index in [4.69, 9.17) is 14.2 Å². The number of nitrogens with zero attached hydrogens (tertiary/aromatic N) is 3. The minimum absolute atomic E-state index is 0. The van der Waals surface area contributed by atoms with Gasteiger partial charge in [0.15, 0.2) is 11.5 Å². The highest BCUT2D eigenvalue weighted by molar-refractivity contribution is 6.00. The molecular formula is C36H50ClN3O8. The number of hydrogen-bond donors (Lipinski definition) is 2. The zero-order valence-electron chi connectivity index (χ0n) is 28.4. The maximum atomic E-state index is 14.5. The van der Waals surface area contributed by atoms with E-state index in [1.807, 2.05) is 43.0 Å². The number of amides is 2. The molecule has 2 atom stereocenters. The Hall–Kier alpha value is -3.38. The number of ether oxygens (including phenoxy) is 3. The zero-order valence-corrected chi connectivity index (χ0v) is 29.2. The number of methoxy groups -OCH3 is 1. The van der Waals surface area contributed by atoms with Crippen LogP contribution in [0.15, 0.2) is 42.5 Å². The number of aromatic carboxylic acids is 1. The van der Waals surface area contributed by atoms with Crippen LogP contribution in [0.1, 0.15) is 75.2 Å². The molecule has 2 N–H and O–H groups in total. The predicted octanol–water partition coefficient (Wildman–Crippen LogP) is 4.98. The van der Waals surface area contributed by atoms with Crippen molar-refractivity contribution in [1.29, 1.82) is 0 Å². The molecule has 11 nitrogen and oxygen atoms in total. The van der Waals surface area contributed by atoms with Gasteiger partial charge in [-0.2, -0.15) is 0 Å². The quantitative estimate of drug-likeness (QED) is 0.318. The number of carbonyl (C=O) groups excluding carboxylic acids is 2. The van der Waals surface area contributed by atoms with Gasteiger partial charge < -0.3 is 34.2 Å². The standard InChI is InChI=1S/C36H49N3O8.ClH/c1-5-6-17-38-33(41)31(32(40)26-13-20-46-21-14-26)39(24(2)3)35(44)36(38)15-18-37(19-16-36)23-25-7-10-28(11-8-25)47-29-12-9-27(34(42)43)22-30(29)45-4;/h7-12,22,24,26,31-32,40H,5-6,13-21,23H2,1-4H3,(H,42,43);1H/t31-,32-;/m1./s1. The average molecular weight is 688 g/mol. The van der Waals surface area contributed by atoms with Crippen LogP contribution < -0.4 is 9.47 Å². The second kappa shape index (κ2) is 16.3. The SMILES string of the molecule is CCCCN1C(=O)[C@@H]([C@H](O)C2CCOCC2)N(C(C)C)C(=O)C12CCN(Cc1ccc(Oc3ccc(C(=O)O)cc3OC)cc1)CC2.Cl. The molecule has 3 aliphatic heterocycles. The van der Waals surface area contributed by atoms with E-state index >= 15 is 0 Å². The van der Waals surface area contributed by atoms with E-state index in [9.17, 15) is 24.6 Å². The van der Waals surface area contributed by atoms with Crippen molar-refractivity contribution in [2.24, 2.45) is 5.92 Å². The first-order valence-corrected chi connectivity index (χ1v) is 16.9. The van der Waals surface area contributed by atoms with Crippen LogP contribution in [0.5, 0.6) is 17.2 Å². The lowest BCUT2D eigenvalue weighted by Gasteiger charge is -2.57. The second-order valence-electron chi connectivity index (χ2n) is 13.3. The van der Waals surface area contributed by atoms with Crippen LogP contribution in [0, 0.1) is 5.92 Å². The number of carboxylic acids is 1. The van der Waals surface area contributed by atoms with Crippen molar-refractivity contribution in [2.45, 2.75) is 89.6 Å². The van der Waals surface area contributed by atoms with Gasteiger partial charge in [0.05, 0.1) is 18.8 Å². The maximum Gasteiger partial charge on any atom is 0.335 e. The third-order valence-corrected chi connectivity index (χ3v) is 9.98. The molecule has 3 heterocycles. The van der Waals surface area contributed by atoms with Crippen molar-refractivity contribution in [3.8, 4) is 17.2 Å². The lowest BCUT2D eigenvalue weighted by atomic mass is 9.77. The lowest BCUT2D eigenvalue weighted by Crippen LogP contribution is -2.76. The Bertz CT molecular complexity index is 1410. The van der Waals surface area contributed by atoms with Crippen molar-refractivity contribution in [3.05, 3.63) is 53.6 Å². The molecule has 3 saturated heterocycles. The summed E-state index contributed by atoms with van der Waals surface area (Å²) < 4.78 is 16.8. The second-order valence-corrected chi connectivity index (χ2v) is 13.3. The molecule has 0 saturated carbocycles. The fourth-order valence-electron chi connectivity index (χ4n) is 7.29. The number of piperazine rings is 1. The van der Waals surface area contributed by atoms with Crippen molar-refractivity contribution < 1.29 is 38.8 Å². The fourth-order valence-corrected chi connectivity index (χ4v) is 7.29. The van der Waals surface area contributed by atoms with E-state index < -0.39 is 23.7 Å². The van der Waals surface area contributed by atoms with Crippen molar-refractivity contribution in [3.63, 3.8) is 0 Å². The number of piperidine rings is 1. The van der Waals surface area contributed by atoms with Crippen LogP contribution in [-0.2, 0) is 20.9 Å². The molecule has 0 radical (unpaired) electrons. The molecule has 264 valence electrons. The summed E-state index contributed by atoms with van der Waals surface area (Å²) in [7, 11) is 1.47. The van der Waals surface area contributed by atoms with Gasteiger partial charge >= 0.3 is 5.97 Å². The number of aliphatic hydroxyl groups is 1. The zero-order chi connectivity index (χ0) is 33.7. The van der Waals surface area contributed by atoms with Crippen LogP contribution >= 0.6 is 12.4 Å². The third kappa shape index (κ3) is 7.75. The van der Waals surface area contributed by atoms with E-state index in [1.54, 1.807) is 11.0 Å². The molecule has 2 amide bonds. The molecule has 12 heteroatoms. The Morgan fingerprint density at radius 1 is 1.04 bits per heavy atom. The monoisotopic (exact) mass is 687 g/mol. The molecule has 5 rings (SSSR count). The molecular weight excluding hydrogens is 638 g/mol. The van der Waals surface area contributed by atoms with Crippen LogP contribution in [0.4, 0.5) is 0 Å². The Kier molecular flexibility index (Phi) is 12.8. The van der Waals surface area contributed by atoms with E-state index in [-0.39, 0.29) is 41.7 Å². The summed E-state index contributed by atoms with van der Waals surface area (Å²) in [4.78, 5) is 46.0. The minimum Gasteiger partial charge on any atom is -0.493 e. The van der Waals surface area contributed by atoms with E-state index in [0.717, 1.165) is 18.4 Å². The smallest absolute Gasteiger partial charge is 0.335 e. The predicted molar refractivity (Wildman–Crippen MR) is 183 cm³/mol. The van der Waals surface area contributed by atoms with Crippen LogP contribution in [0.3, 0.4) is 0 Å². The topological polar surface area (TPSA) is 129 Å². The minimum atomic E-state index is -1.04. The normalized spacial score (nSPS) is 20.9. The number of aliphatic hydroxyl groups excluding tert-OH is 1. The summed E-state index contributed by atoms with van der Waals surface area (Å²) in [6, 6.07) is 11.1. The van der Waals surface area contributed by atoms with E-state index in [2.05, 4.69) is 11.8 Å². The van der Waals surface area contributed by atoms with Crippen molar-refractivity contribution in [2.75, 3.05) is 40.0 Å². The largest absolute Gasteiger partial charge is 0.493 e. The van der Waals surface area contributed by atoms with Gasteiger partial charge in [-0.3, -0.25) is 14.5 Å². The first-order valence-electron chi connectivity index (χ1n) is 16.9. The molecule has 0 aliphatic carbocycles. The Morgan fingerprint density at radius 3 is 2.29 bits per heavy atom. The Labute approximate surface area is 289 Å². The summed E-state index contributed by atoms with van der Waals surface area (Å²) >= 11 is 0. The van der Waals surface area contributed by atoms with Crippen LogP contribution in [-0.4, -0.2) is 106 Å². The molecule has 2 aromatic rings. The van der Waals surface area contributed by atoms with Crippen molar-refractivity contribution in [1.82, 2.24) is 14.7 Å². The van der Waals surface area contributed by atoms with Crippen LogP contribution in [0.2, 0.25) is 0 Å². The summed E-state index contributed by atoms with van der Waals surface area (Å²) in [5, 5.41) is 20.8. The van der Waals surface area contributed by atoms with Gasteiger partial charge in [0, 0.05) is 45.4 Å². The van der Waals surface area contributed by atoms with E-state index in [1.165, 1.54) is 19.2 Å². The number of carbonyl (C=O) groups is 3. The van der Waals surface area contributed by atoms with Gasteiger partial charge in [0.25, 0.3) is 0 Å². The highest BCUT2D eigenvalue weighted by Crippen LogP contribution is 2.40. The summed E-state index contributed by atoms with van der Waals surface area (Å²) in [5.41, 5.74) is 0.287. The van der Waals surface area contributed by atoms with Gasteiger partial charge in [-0.25, -0.2) is 4.79 Å². The third-order valence-electron chi connectivity index (χ3n) is 9.98. The number of hydrogen-bond acceptors (Lipinski definition) is 8. The van der Waals surface area contributed by atoms with Gasteiger partial charge in [0.2, 0.25) is 11.8 Å². The Balaban J connectivity index is 0.00000520. The highest BCUT2D eigenvalue weighted by atomic mass is 35.5. The van der Waals surface area contributed by atoms with Gasteiger partial charge in [0.1, 0.15) is 17.3 Å². The van der Waals surface area contributed by atoms with Crippen LogP contribution in [0.25, 0.3) is 0 Å². The van der Waals surface area contributed by atoms with Crippen molar-refractivity contribution >= 4 is 30.2 Å². The number of unbranched alkanes of at least 4 members (excludes halogenated alkanes) is 1. The van der Waals surface area contributed by atoms with Gasteiger partial charge in [-0.1, -0.05) is 25.5 Å². The summed E-state index contributed by atoms with van der Waals surface area (Å²) in [6.07, 6.45) is 3.23. The molecule has 3 fully saturated rings. The number of carboxylic acid groups (broad SMARTS) is 1. The molecule has 3 aliphatic rings. The number of benzene rings is 2. The summed E-state index contributed by atoms with van der Waals surface area (Å²) in [6.45, 7) is 9.59. The molecule has 0 aromatic heterocycles. The number of rotatable bonds is 12. The average Bonchev–Trinajstić information content (AvgIpc) is 3.08. The molecule has 1 spiro atoms. The maximum absolute atomic E-state index is 14.5. The molecule has 2 aromatic carbocycles. The fraction of sp³-hybridized carbons (Fsp3) is 0.583. The number of halogens is 1. The molecule has 0 bridgehead atoms. The molecule has 48 heavy (non-hydrogen) atoms. The van der Waals surface area contributed by atoms with Gasteiger partial charge in [-0.15, -0.1) is 12.4 Å². The lowest BCUT2D eigenvalue weighted by molar-refractivity contribution is -0.185.